The molecule has 0 fully saturated rings. The molecule has 0 N–H and O–H groups in total. The summed E-state index contributed by atoms with van der Waals surface area (Å²) in [6.07, 6.45) is 0. The Hall–Kier alpha value is -7.10. The average molecular weight is 688 g/mol. The average Bonchev–Trinajstić information content (AvgIpc) is 3.69. The second-order valence-electron chi connectivity index (χ2n) is 12.6. The lowest BCUT2D eigenvalue weighted by atomic mass is 9.96. The van der Waals surface area contributed by atoms with Crippen LogP contribution in [0.25, 0.3) is 49.0 Å². The summed E-state index contributed by atoms with van der Waals surface area (Å²) in [7, 11) is 0. The number of rotatable bonds is 7. The fourth-order valence-corrected chi connectivity index (χ4v) is 7.18. The Labute approximate surface area is 322 Å². The number of hydrogen-bond donors (Lipinski definition) is 0. The smallest absolute Gasteiger partial charge is 0.0667 e. The van der Waals surface area contributed by atoms with Gasteiger partial charge in [0.2, 0.25) is 0 Å². The highest BCUT2D eigenvalue weighted by atomic mass is 15.1. The van der Waals surface area contributed by atoms with Crippen LogP contribution in [-0.4, -0.2) is 4.57 Å². The standard InChI is InChI=1S/C50H35N3/c1-6-18-37(19-7-1)51(38-20-8-2-9-21-38)42-31-33-44-46-32-30-36-34-47(52(39-22-10-3-11-23-39)40-24-12-4-13-25-40)43-28-16-17-29-45(43)49(36)50(46)53(48(44)35-42)41-26-14-5-15-27-41/h1-35H/i16D,17D,28D,29D,30D,31D,32D,33D,34D,35D. The van der Waals surface area contributed by atoms with E-state index in [1.165, 1.54) is 0 Å². The van der Waals surface area contributed by atoms with Crippen LogP contribution in [-0.2, 0) is 0 Å². The Bertz CT molecular complexity index is 3360. The van der Waals surface area contributed by atoms with E-state index in [1.807, 2.05) is 127 Å². The zero-order valence-electron chi connectivity index (χ0n) is 38.3. The lowest BCUT2D eigenvalue weighted by molar-refractivity contribution is 1.18. The van der Waals surface area contributed by atoms with Gasteiger partial charge in [0.1, 0.15) is 0 Å². The van der Waals surface area contributed by atoms with Crippen LogP contribution >= 0.6 is 0 Å². The molecule has 1 aromatic heterocycles. The van der Waals surface area contributed by atoms with Gasteiger partial charge < -0.3 is 14.4 Å². The van der Waals surface area contributed by atoms with Gasteiger partial charge in [0, 0.05) is 55.7 Å². The molecule has 0 saturated carbocycles. The van der Waals surface area contributed by atoms with E-state index >= 15 is 0 Å². The fraction of sp³-hybridized carbons (Fsp3) is 0. The fourth-order valence-electron chi connectivity index (χ4n) is 7.18. The minimum Gasteiger partial charge on any atom is -0.310 e. The molecule has 9 aromatic carbocycles. The third kappa shape index (κ3) is 5.21. The zero-order valence-corrected chi connectivity index (χ0v) is 28.3. The molecule has 0 spiro atoms. The second-order valence-corrected chi connectivity index (χ2v) is 12.6. The van der Waals surface area contributed by atoms with Gasteiger partial charge in [-0.3, -0.25) is 0 Å². The van der Waals surface area contributed by atoms with Crippen LogP contribution in [0.5, 0.6) is 0 Å². The molecule has 3 heteroatoms. The molecular weight excluding hydrogens is 643 g/mol. The van der Waals surface area contributed by atoms with Crippen LogP contribution < -0.4 is 9.80 Å². The molecular formula is C50H35N3. The largest absolute Gasteiger partial charge is 0.310 e. The van der Waals surface area contributed by atoms with Crippen molar-refractivity contribution in [3.05, 3.63) is 212 Å². The highest BCUT2D eigenvalue weighted by Gasteiger charge is 2.22. The van der Waals surface area contributed by atoms with E-state index in [0.29, 0.717) is 28.4 Å². The molecule has 0 saturated heterocycles. The minimum absolute atomic E-state index is 0.0110. The second kappa shape index (κ2) is 12.9. The number of benzene rings is 9. The van der Waals surface area contributed by atoms with Crippen molar-refractivity contribution >= 4 is 77.5 Å². The van der Waals surface area contributed by atoms with Gasteiger partial charge in [-0.05, 0) is 89.6 Å². The monoisotopic (exact) mass is 687 g/mol. The van der Waals surface area contributed by atoms with E-state index < -0.39 is 30.2 Å². The molecule has 0 radical (unpaired) electrons. The van der Waals surface area contributed by atoms with Gasteiger partial charge in [0.25, 0.3) is 0 Å². The van der Waals surface area contributed by atoms with E-state index in [2.05, 4.69) is 0 Å². The maximum Gasteiger partial charge on any atom is 0.0667 e. The van der Waals surface area contributed by atoms with Crippen LogP contribution in [0.4, 0.5) is 34.1 Å². The maximum atomic E-state index is 10.1. The molecule has 0 aliphatic carbocycles. The van der Waals surface area contributed by atoms with Gasteiger partial charge in [-0.15, -0.1) is 0 Å². The summed E-state index contributed by atoms with van der Waals surface area (Å²) in [5, 5.41) is 0.201. The lowest BCUT2D eigenvalue weighted by Crippen LogP contribution is -2.10. The predicted molar refractivity (Wildman–Crippen MR) is 225 cm³/mol. The van der Waals surface area contributed by atoms with E-state index in [9.17, 15) is 11.0 Å². The minimum atomic E-state index is -0.528. The Morgan fingerprint density at radius 3 is 1.45 bits per heavy atom. The van der Waals surface area contributed by atoms with Crippen molar-refractivity contribution in [3.63, 3.8) is 0 Å². The maximum absolute atomic E-state index is 10.1. The molecule has 1 heterocycles. The summed E-state index contributed by atoms with van der Waals surface area (Å²) in [4.78, 5) is 3.50. The van der Waals surface area contributed by atoms with Gasteiger partial charge >= 0.3 is 0 Å². The molecule has 53 heavy (non-hydrogen) atoms. The van der Waals surface area contributed by atoms with Crippen molar-refractivity contribution in [2.75, 3.05) is 9.80 Å². The Kier molecular flexibility index (Phi) is 5.35. The quantitative estimate of drug-likeness (QED) is 0.155. The number of anilines is 6. The van der Waals surface area contributed by atoms with Gasteiger partial charge in [-0.25, -0.2) is 0 Å². The first-order valence-electron chi connectivity index (χ1n) is 22.3. The normalized spacial score (nSPS) is 14.0. The summed E-state index contributed by atoms with van der Waals surface area (Å²) in [6, 6.07) is 42.3. The topological polar surface area (TPSA) is 11.4 Å². The third-order valence-corrected chi connectivity index (χ3v) is 9.45. The molecule has 250 valence electrons. The molecule has 0 unspecified atom stereocenters. The van der Waals surface area contributed by atoms with Crippen molar-refractivity contribution in [1.29, 1.82) is 0 Å². The number of hydrogen-bond acceptors (Lipinski definition) is 2. The van der Waals surface area contributed by atoms with Crippen molar-refractivity contribution in [1.82, 2.24) is 4.57 Å². The van der Waals surface area contributed by atoms with E-state index in [-0.39, 0.29) is 84.9 Å². The first-order valence-corrected chi connectivity index (χ1v) is 17.3. The summed E-state index contributed by atoms with van der Waals surface area (Å²) < 4.78 is 98.1. The highest BCUT2D eigenvalue weighted by molar-refractivity contribution is 6.27. The molecule has 0 bridgehead atoms. The Morgan fingerprint density at radius 1 is 0.396 bits per heavy atom. The SMILES string of the molecule is [2H]c1c([2H])c([2H])c2c(c1[2H])c(N(c1ccccc1)c1ccccc1)c([2H])c1c([2H])c([2H])c3c4c([2H])c([2H])c(N(c5ccccc5)c5ccccc5)c([2H])c4n(-c4ccccc4)c3c12. The molecule has 0 amide bonds. The van der Waals surface area contributed by atoms with Crippen molar-refractivity contribution in [2.45, 2.75) is 0 Å². The molecule has 10 aromatic rings. The van der Waals surface area contributed by atoms with Crippen molar-refractivity contribution in [3.8, 4) is 5.69 Å². The van der Waals surface area contributed by atoms with Crippen LogP contribution in [0.3, 0.4) is 0 Å². The van der Waals surface area contributed by atoms with Crippen molar-refractivity contribution in [2.24, 2.45) is 0 Å². The van der Waals surface area contributed by atoms with Gasteiger partial charge in [-0.2, -0.15) is 0 Å². The van der Waals surface area contributed by atoms with Gasteiger partial charge in [-0.1, -0.05) is 133 Å². The number of para-hydroxylation sites is 5. The summed E-state index contributed by atoms with van der Waals surface area (Å²) in [6.45, 7) is 0. The molecule has 10 rings (SSSR count). The van der Waals surface area contributed by atoms with Crippen LogP contribution in [0, 0.1) is 0 Å². The van der Waals surface area contributed by atoms with Crippen LogP contribution in [0.2, 0.25) is 0 Å². The first kappa shape index (κ1) is 22.0. The summed E-state index contributed by atoms with van der Waals surface area (Å²) in [5.74, 6) is 0. The number of aromatic nitrogens is 1. The third-order valence-electron chi connectivity index (χ3n) is 9.45. The predicted octanol–water partition coefficient (Wildman–Crippen LogP) is 14.0. The van der Waals surface area contributed by atoms with E-state index in [4.69, 9.17) is 2.74 Å². The molecule has 0 atom stereocenters. The highest BCUT2D eigenvalue weighted by Crippen LogP contribution is 2.46. The van der Waals surface area contributed by atoms with Gasteiger partial charge in [0.05, 0.1) is 30.4 Å². The molecule has 3 nitrogen and oxygen atoms in total. The van der Waals surface area contributed by atoms with Gasteiger partial charge in [0.15, 0.2) is 0 Å². The van der Waals surface area contributed by atoms with E-state index in [1.54, 1.807) is 38.6 Å². The Balaban J connectivity index is 1.48. The van der Waals surface area contributed by atoms with Crippen LogP contribution in [0.1, 0.15) is 13.7 Å². The van der Waals surface area contributed by atoms with Crippen LogP contribution in [0.15, 0.2) is 212 Å². The van der Waals surface area contributed by atoms with E-state index in [0.717, 1.165) is 0 Å². The van der Waals surface area contributed by atoms with Crippen molar-refractivity contribution < 1.29 is 13.7 Å². The zero-order chi connectivity index (χ0) is 43.8. The first-order chi connectivity index (χ1) is 30.5. The Morgan fingerprint density at radius 2 is 0.887 bits per heavy atom. The summed E-state index contributed by atoms with van der Waals surface area (Å²) in [5.41, 5.74) is 3.50. The number of fused-ring (bicyclic) bond motifs is 7. The lowest BCUT2D eigenvalue weighted by Gasteiger charge is -2.27. The molecule has 0 aliphatic rings. The summed E-state index contributed by atoms with van der Waals surface area (Å²) >= 11 is 0. The molecule has 0 aliphatic heterocycles. The number of nitrogens with zero attached hydrogens (tertiary/aromatic N) is 3.